The molecule has 1 N–H and O–H groups in total. The first-order valence-corrected chi connectivity index (χ1v) is 6.98. The molecule has 1 atom stereocenters. The number of unbranched alkanes of at least 4 members (excludes halogenated alkanes) is 1. The molecule has 0 aliphatic heterocycles. The summed E-state index contributed by atoms with van der Waals surface area (Å²) >= 11 is 3.46. The van der Waals surface area contributed by atoms with Crippen molar-refractivity contribution in [3.8, 4) is 0 Å². The lowest BCUT2D eigenvalue weighted by Gasteiger charge is -2.11. The fourth-order valence-corrected chi connectivity index (χ4v) is 2.44. The van der Waals surface area contributed by atoms with Gasteiger partial charge in [-0.3, -0.25) is 0 Å². The van der Waals surface area contributed by atoms with E-state index in [-0.39, 0.29) is 6.10 Å². The number of hydrogen-bond acceptors (Lipinski definition) is 1. The van der Waals surface area contributed by atoms with Crippen molar-refractivity contribution in [2.75, 3.05) is 0 Å². The Morgan fingerprint density at radius 2 is 1.89 bits per heavy atom. The van der Waals surface area contributed by atoms with Gasteiger partial charge in [-0.2, -0.15) is 0 Å². The zero-order valence-electron chi connectivity index (χ0n) is 10.3. The largest absolute Gasteiger partial charge is 0.388 e. The highest BCUT2D eigenvalue weighted by molar-refractivity contribution is 9.10. The molecule has 0 aliphatic carbocycles. The second-order valence-electron chi connectivity index (χ2n) is 4.49. The van der Waals surface area contributed by atoms with Crippen LogP contribution in [0.4, 0.5) is 0 Å². The van der Waals surface area contributed by atoms with Crippen LogP contribution in [0.15, 0.2) is 53.5 Å². The molecule has 0 saturated carbocycles. The van der Waals surface area contributed by atoms with Gasteiger partial charge in [-0.15, -0.1) is 6.58 Å². The number of benzene rings is 2. The zero-order valence-corrected chi connectivity index (χ0v) is 11.9. The molecule has 0 radical (unpaired) electrons. The molecule has 0 bridgehead atoms. The molecule has 0 aliphatic rings. The maximum Gasteiger partial charge on any atom is 0.0790 e. The van der Waals surface area contributed by atoms with E-state index < -0.39 is 0 Å². The highest BCUT2D eigenvalue weighted by atomic mass is 79.9. The van der Waals surface area contributed by atoms with Gasteiger partial charge in [0.2, 0.25) is 0 Å². The Morgan fingerprint density at radius 3 is 2.67 bits per heavy atom. The molecule has 0 spiro atoms. The SMILES string of the molecule is C=CCCCC(O)c1ccc2cc(Br)ccc2c1. The van der Waals surface area contributed by atoms with Gasteiger partial charge in [-0.1, -0.05) is 40.2 Å². The van der Waals surface area contributed by atoms with Gasteiger partial charge in [-0.25, -0.2) is 0 Å². The van der Waals surface area contributed by atoms with E-state index in [1.54, 1.807) is 0 Å². The molecule has 0 heterocycles. The van der Waals surface area contributed by atoms with Crippen LogP contribution in [-0.2, 0) is 0 Å². The summed E-state index contributed by atoms with van der Waals surface area (Å²) in [5.41, 5.74) is 0.994. The van der Waals surface area contributed by atoms with Crippen molar-refractivity contribution >= 4 is 26.7 Å². The monoisotopic (exact) mass is 304 g/mol. The minimum Gasteiger partial charge on any atom is -0.388 e. The number of rotatable bonds is 5. The lowest BCUT2D eigenvalue weighted by Crippen LogP contribution is -1.97. The highest BCUT2D eigenvalue weighted by Crippen LogP contribution is 2.25. The van der Waals surface area contributed by atoms with E-state index in [4.69, 9.17) is 0 Å². The quantitative estimate of drug-likeness (QED) is 0.609. The lowest BCUT2D eigenvalue weighted by atomic mass is 10.0. The van der Waals surface area contributed by atoms with Crippen LogP contribution in [0, 0.1) is 0 Å². The van der Waals surface area contributed by atoms with E-state index in [0.29, 0.717) is 0 Å². The first-order valence-electron chi connectivity index (χ1n) is 6.19. The van der Waals surface area contributed by atoms with Gasteiger partial charge in [0, 0.05) is 4.47 Å². The molecular formula is C16H17BrO. The molecule has 18 heavy (non-hydrogen) atoms. The average molecular weight is 305 g/mol. The predicted molar refractivity (Wildman–Crippen MR) is 80.7 cm³/mol. The standard InChI is InChI=1S/C16H17BrO/c1-2-3-4-5-16(18)14-7-6-13-11-15(17)9-8-12(13)10-14/h2,6-11,16,18H,1,3-5H2. The van der Waals surface area contributed by atoms with Gasteiger partial charge in [0.1, 0.15) is 0 Å². The fraction of sp³-hybridized carbons (Fsp3) is 0.250. The average Bonchev–Trinajstić information content (AvgIpc) is 2.38. The normalized spacial score (nSPS) is 12.6. The summed E-state index contributed by atoms with van der Waals surface area (Å²) in [6, 6.07) is 12.3. The summed E-state index contributed by atoms with van der Waals surface area (Å²) in [6.07, 6.45) is 4.23. The topological polar surface area (TPSA) is 20.2 Å². The number of fused-ring (bicyclic) bond motifs is 1. The molecule has 1 nitrogen and oxygen atoms in total. The summed E-state index contributed by atoms with van der Waals surface area (Å²) < 4.78 is 1.08. The number of hydrogen-bond donors (Lipinski definition) is 1. The Labute approximate surface area is 116 Å². The summed E-state index contributed by atoms with van der Waals surface area (Å²) in [5.74, 6) is 0. The number of aliphatic hydroxyl groups is 1. The minimum absolute atomic E-state index is 0.377. The molecule has 0 saturated heterocycles. The highest BCUT2D eigenvalue weighted by Gasteiger charge is 2.07. The third-order valence-corrected chi connectivity index (χ3v) is 3.59. The van der Waals surface area contributed by atoms with E-state index >= 15 is 0 Å². The molecule has 2 aromatic carbocycles. The van der Waals surface area contributed by atoms with E-state index in [1.807, 2.05) is 18.2 Å². The molecule has 2 aromatic rings. The van der Waals surface area contributed by atoms with Gasteiger partial charge < -0.3 is 5.11 Å². The van der Waals surface area contributed by atoms with E-state index in [0.717, 1.165) is 29.3 Å². The molecule has 2 rings (SSSR count). The Hall–Kier alpha value is -1.12. The van der Waals surface area contributed by atoms with Crippen LogP contribution in [0.25, 0.3) is 10.8 Å². The van der Waals surface area contributed by atoms with E-state index in [9.17, 15) is 5.11 Å². The van der Waals surface area contributed by atoms with Crippen LogP contribution in [0.2, 0.25) is 0 Å². The van der Waals surface area contributed by atoms with Crippen LogP contribution in [0.5, 0.6) is 0 Å². The minimum atomic E-state index is -0.377. The number of halogens is 1. The van der Waals surface area contributed by atoms with E-state index in [2.05, 4.69) is 46.8 Å². The van der Waals surface area contributed by atoms with Crippen molar-refractivity contribution in [3.63, 3.8) is 0 Å². The van der Waals surface area contributed by atoms with Crippen molar-refractivity contribution in [2.45, 2.75) is 25.4 Å². The van der Waals surface area contributed by atoms with Crippen molar-refractivity contribution in [3.05, 3.63) is 59.1 Å². The molecule has 0 fully saturated rings. The van der Waals surface area contributed by atoms with Crippen molar-refractivity contribution in [1.29, 1.82) is 0 Å². The van der Waals surface area contributed by atoms with Crippen molar-refractivity contribution < 1.29 is 5.11 Å². The van der Waals surface area contributed by atoms with Crippen LogP contribution in [0.1, 0.15) is 30.9 Å². The summed E-state index contributed by atoms with van der Waals surface area (Å²) in [6.45, 7) is 3.69. The molecule has 0 amide bonds. The predicted octanol–water partition coefficient (Wildman–Crippen LogP) is 4.99. The Balaban J connectivity index is 2.18. The van der Waals surface area contributed by atoms with Crippen molar-refractivity contribution in [2.24, 2.45) is 0 Å². The first kappa shape index (κ1) is 13.3. The van der Waals surface area contributed by atoms with Gasteiger partial charge in [0.15, 0.2) is 0 Å². The van der Waals surface area contributed by atoms with Gasteiger partial charge in [-0.05, 0) is 53.8 Å². The molecule has 0 aromatic heterocycles. The summed E-state index contributed by atoms with van der Waals surface area (Å²) in [4.78, 5) is 0. The van der Waals surface area contributed by atoms with Gasteiger partial charge in [0.25, 0.3) is 0 Å². The molecule has 1 unspecified atom stereocenters. The third-order valence-electron chi connectivity index (χ3n) is 3.10. The summed E-state index contributed by atoms with van der Waals surface area (Å²) in [5, 5.41) is 12.5. The number of aliphatic hydroxyl groups excluding tert-OH is 1. The zero-order chi connectivity index (χ0) is 13.0. The fourth-order valence-electron chi connectivity index (χ4n) is 2.06. The first-order chi connectivity index (χ1) is 8.70. The maximum atomic E-state index is 10.1. The Bertz CT molecular complexity index is 548. The molecule has 94 valence electrons. The third kappa shape index (κ3) is 3.21. The van der Waals surface area contributed by atoms with Crippen molar-refractivity contribution in [1.82, 2.24) is 0 Å². The van der Waals surface area contributed by atoms with Crippen LogP contribution < -0.4 is 0 Å². The van der Waals surface area contributed by atoms with Crippen LogP contribution >= 0.6 is 15.9 Å². The summed E-state index contributed by atoms with van der Waals surface area (Å²) in [7, 11) is 0. The lowest BCUT2D eigenvalue weighted by molar-refractivity contribution is 0.165. The van der Waals surface area contributed by atoms with Crippen LogP contribution in [0.3, 0.4) is 0 Å². The van der Waals surface area contributed by atoms with Crippen LogP contribution in [-0.4, -0.2) is 5.11 Å². The van der Waals surface area contributed by atoms with Gasteiger partial charge >= 0.3 is 0 Å². The molecular weight excluding hydrogens is 288 g/mol. The smallest absolute Gasteiger partial charge is 0.0790 e. The molecule has 2 heteroatoms. The second-order valence-corrected chi connectivity index (χ2v) is 5.40. The Kier molecular flexibility index (Phi) is 4.56. The van der Waals surface area contributed by atoms with Gasteiger partial charge in [0.05, 0.1) is 6.10 Å². The Morgan fingerprint density at radius 1 is 1.17 bits per heavy atom. The second kappa shape index (κ2) is 6.17. The maximum absolute atomic E-state index is 10.1. The van der Waals surface area contributed by atoms with E-state index in [1.165, 1.54) is 10.8 Å². The number of allylic oxidation sites excluding steroid dienone is 1.